The maximum absolute atomic E-state index is 12.3. The number of carbonyl (C=O) groups is 2. The van der Waals surface area contributed by atoms with Crippen molar-refractivity contribution in [2.45, 2.75) is 19.9 Å². The van der Waals surface area contributed by atoms with Gasteiger partial charge in [0.05, 0.1) is 11.6 Å². The van der Waals surface area contributed by atoms with Crippen LogP contribution >= 0.6 is 0 Å². The average Bonchev–Trinajstić information content (AvgIpc) is 2.47. The van der Waals surface area contributed by atoms with Gasteiger partial charge in [0.1, 0.15) is 6.61 Å². The molecule has 1 aliphatic rings. The summed E-state index contributed by atoms with van der Waals surface area (Å²) < 4.78 is 5.20. The lowest BCUT2D eigenvalue weighted by molar-refractivity contribution is -0.138. The summed E-state index contributed by atoms with van der Waals surface area (Å²) in [7, 11) is 0. The SMILES string of the molecule is CC=CCOC(=O)C1=C(C)NC(=O)N[C@H]1c1ccccc1. The van der Waals surface area contributed by atoms with E-state index in [2.05, 4.69) is 10.6 Å². The van der Waals surface area contributed by atoms with Crippen molar-refractivity contribution in [1.82, 2.24) is 10.6 Å². The zero-order valence-corrected chi connectivity index (χ0v) is 12.1. The molecule has 2 amide bonds. The van der Waals surface area contributed by atoms with Crippen LogP contribution in [0.15, 0.2) is 53.8 Å². The maximum atomic E-state index is 12.3. The van der Waals surface area contributed by atoms with Gasteiger partial charge < -0.3 is 15.4 Å². The molecule has 0 aromatic heterocycles. The lowest BCUT2D eigenvalue weighted by Gasteiger charge is -2.28. The first-order chi connectivity index (χ1) is 10.1. The number of allylic oxidation sites excluding steroid dienone is 2. The highest BCUT2D eigenvalue weighted by Crippen LogP contribution is 2.27. The minimum atomic E-state index is -0.502. The summed E-state index contributed by atoms with van der Waals surface area (Å²) in [4.78, 5) is 23.9. The van der Waals surface area contributed by atoms with Crippen LogP contribution in [0.5, 0.6) is 0 Å². The van der Waals surface area contributed by atoms with Gasteiger partial charge in [-0.2, -0.15) is 0 Å². The third-order valence-corrected chi connectivity index (χ3v) is 3.17. The Balaban J connectivity index is 2.30. The van der Waals surface area contributed by atoms with E-state index in [1.54, 1.807) is 13.0 Å². The fraction of sp³-hybridized carbons (Fsp3) is 0.250. The Labute approximate surface area is 123 Å². The van der Waals surface area contributed by atoms with Crippen molar-refractivity contribution in [3.63, 3.8) is 0 Å². The van der Waals surface area contributed by atoms with Crippen LogP contribution in [-0.4, -0.2) is 18.6 Å². The first kappa shape index (κ1) is 14.8. The van der Waals surface area contributed by atoms with E-state index >= 15 is 0 Å². The molecule has 1 aliphatic heterocycles. The zero-order valence-electron chi connectivity index (χ0n) is 12.1. The van der Waals surface area contributed by atoms with Gasteiger partial charge in [-0.3, -0.25) is 0 Å². The van der Waals surface area contributed by atoms with Crippen LogP contribution < -0.4 is 10.6 Å². The van der Waals surface area contributed by atoms with Crippen molar-refractivity contribution < 1.29 is 14.3 Å². The molecule has 1 atom stereocenters. The molecule has 1 aromatic carbocycles. The molecule has 0 aliphatic carbocycles. The molecule has 0 fully saturated rings. The molecule has 0 saturated carbocycles. The van der Waals surface area contributed by atoms with Gasteiger partial charge in [-0.1, -0.05) is 42.5 Å². The Kier molecular flexibility index (Phi) is 4.77. The Bertz CT molecular complexity index is 591. The summed E-state index contributed by atoms with van der Waals surface area (Å²) >= 11 is 0. The standard InChI is InChI=1S/C16H18N2O3/c1-3-4-10-21-15(19)13-11(2)17-16(20)18-14(13)12-8-6-5-7-9-12/h3-9,14H,10H2,1-2H3,(H2,17,18,20)/t14-/m0/s1. The molecule has 5 nitrogen and oxygen atoms in total. The van der Waals surface area contributed by atoms with Crippen molar-refractivity contribution in [1.29, 1.82) is 0 Å². The molecule has 0 saturated heterocycles. The molecule has 0 unspecified atom stereocenters. The van der Waals surface area contributed by atoms with Gasteiger partial charge in [0.2, 0.25) is 0 Å². The monoisotopic (exact) mass is 286 g/mol. The predicted molar refractivity (Wildman–Crippen MR) is 79.3 cm³/mol. The van der Waals surface area contributed by atoms with E-state index in [0.717, 1.165) is 5.56 Å². The van der Waals surface area contributed by atoms with E-state index in [4.69, 9.17) is 4.74 Å². The molecular formula is C16H18N2O3. The van der Waals surface area contributed by atoms with Gasteiger partial charge >= 0.3 is 12.0 Å². The number of amides is 2. The molecule has 1 aromatic rings. The highest BCUT2D eigenvalue weighted by atomic mass is 16.5. The normalized spacial score (nSPS) is 18.4. The van der Waals surface area contributed by atoms with Crippen LogP contribution in [0.4, 0.5) is 4.79 Å². The minimum Gasteiger partial charge on any atom is -0.458 e. The predicted octanol–water partition coefficient (Wildman–Crippen LogP) is 2.43. The van der Waals surface area contributed by atoms with Crippen LogP contribution in [0.2, 0.25) is 0 Å². The van der Waals surface area contributed by atoms with Gasteiger partial charge in [0.25, 0.3) is 0 Å². The number of ether oxygens (including phenoxy) is 1. The fourth-order valence-corrected chi connectivity index (χ4v) is 2.16. The van der Waals surface area contributed by atoms with E-state index in [1.165, 1.54) is 0 Å². The number of nitrogens with one attached hydrogen (secondary N) is 2. The number of hydrogen-bond donors (Lipinski definition) is 2. The van der Waals surface area contributed by atoms with Gasteiger partial charge in [-0.15, -0.1) is 0 Å². The van der Waals surface area contributed by atoms with E-state index in [9.17, 15) is 9.59 Å². The quantitative estimate of drug-likeness (QED) is 0.660. The summed E-state index contributed by atoms with van der Waals surface area (Å²) in [6, 6.07) is 8.51. The van der Waals surface area contributed by atoms with Crippen molar-refractivity contribution in [2.75, 3.05) is 6.61 Å². The van der Waals surface area contributed by atoms with Crippen LogP contribution in [-0.2, 0) is 9.53 Å². The highest BCUT2D eigenvalue weighted by Gasteiger charge is 2.31. The number of carbonyl (C=O) groups excluding carboxylic acids is 2. The number of esters is 1. The second kappa shape index (κ2) is 6.74. The summed E-state index contributed by atoms with van der Waals surface area (Å²) in [6.07, 6.45) is 3.56. The summed E-state index contributed by atoms with van der Waals surface area (Å²) in [5, 5.41) is 5.37. The summed E-state index contributed by atoms with van der Waals surface area (Å²) in [6.45, 7) is 3.76. The van der Waals surface area contributed by atoms with Crippen LogP contribution in [0.25, 0.3) is 0 Å². The van der Waals surface area contributed by atoms with Crippen molar-refractivity contribution >= 4 is 12.0 Å². The average molecular weight is 286 g/mol. The zero-order chi connectivity index (χ0) is 15.2. The van der Waals surface area contributed by atoms with Gasteiger partial charge in [-0.25, -0.2) is 9.59 Å². The molecule has 2 rings (SSSR count). The molecule has 0 spiro atoms. The third-order valence-electron chi connectivity index (χ3n) is 3.17. The Morgan fingerprint density at radius 3 is 2.71 bits per heavy atom. The van der Waals surface area contributed by atoms with Crippen molar-refractivity contribution in [3.8, 4) is 0 Å². The Hall–Kier alpha value is -2.56. The topological polar surface area (TPSA) is 67.4 Å². The van der Waals surface area contributed by atoms with E-state index in [1.807, 2.05) is 43.3 Å². The fourth-order valence-electron chi connectivity index (χ4n) is 2.16. The number of benzene rings is 1. The highest BCUT2D eigenvalue weighted by molar-refractivity contribution is 5.95. The molecule has 110 valence electrons. The molecule has 2 N–H and O–H groups in total. The smallest absolute Gasteiger partial charge is 0.338 e. The van der Waals surface area contributed by atoms with Gasteiger partial charge in [-0.05, 0) is 19.4 Å². The molecular weight excluding hydrogens is 268 g/mol. The van der Waals surface area contributed by atoms with Gasteiger partial charge in [0, 0.05) is 5.70 Å². The first-order valence-corrected chi connectivity index (χ1v) is 6.75. The minimum absolute atomic E-state index is 0.210. The van der Waals surface area contributed by atoms with Gasteiger partial charge in [0.15, 0.2) is 0 Å². The van der Waals surface area contributed by atoms with E-state index < -0.39 is 12.0 Å². The van der Waals surface area contributed by atoms with Crippen LogP contribution in [0.3, 0.4) is 0 Å². The molecule has 0 radical (unpaired) electrons. The van der Waals surface area contributed by atoms with Crippen molar-refractivity contribution in [3.05, 3.63) is 59.3 Å². The second-order valence-electron chi connectivity index (χ2n) is 4.65. The Morgan fingerprint density at radius 1 is 1.33 bits per heavy atom. The molecule has 5 heteroatoms. The Morgan fingerprint density at radius 2 is 2.05 bits per heavy atom. The first-order valence-electron chi connectivity index (χ1n) is 6.75. The lowest BCUT2D eigenvalue weighted by Crippen LogP contribution is -2.45. The third kappa shape index (κ3) is 3.51. The van der Waals surface area contributed by atoms with Crippen LogP contribution in [0.1, 0.15) is 25.5 Å². The number of hydrogen-bond acceptors (Lipinski definition) is 3. The maximum Gasteiger partial charge on any atom is 0.338 e. The molecule has 21 heavy (non-hydrogen) atoms. The van der Waals surface area contributed by atoms with Crippen molar-refractivity contribution in [2.24, 2.45) is 0 Å². The van der Waals surface area contributed by atoms with E-state index in [0.29, 0.717) is 11.3 Å². The molecule has 1 heterocycles. The number of rotatable bonds is 4. The number of urea groups is 1. The lowest BCUT2D eigenvalue weighted by atomic mass is 9.96. The largest absolute Gasteiger partial charge is 0.458 e. The molecule has 0 bridgehead atoms. The summed E-state index contributed by atoms with van der Waals surface area (Å²) in [5.74, 6) is -0.438. The summed E-state index contributed by atoms with van der Waals surface area (Å²) in [5.41, 5.74) is 1.77. The second-order valence-corrected chi connectivity index (χ2v) is 4.65. The van der Waals surface area contributed by atoms with E-state index in [-0.39, 0.29) is 12.6 Å². The van der Waals surface area contributed by atoms with Crippen LogP contribution in [0, 0.1) is 0 Å².